The smallest absolute Gasteiger partial charge is 0.359 e. The second-order valence-corrected chi connectivity index (χ2v) is 6.01. The van der Waals surface area contributed by atoms with Gasteiger partial charge in [0, 0.05) is 11.1 Å². The van der Waals surface area contributed by atoms with Crippen LogP contribution in [-0.4, -0.2) is 34.7 Å². The first-order valence-electron chi connectivity index (χ1n) is 8.22. The van der Waals surface area contributed by atoms with Crippen LogP contribution in [-0.2, 0) is 9.53 Å². The molecule has 0 unspecified atom stereocenters. The minimum absolute atomic E-state index is 0.0816. The van der Waals surface area contributed by atoms with Gasteiger partial charge in [-0.3, -0.25) is 15.2 Å². The molecule has 8 heteroatoms. The number of amides is 3. The molecule has 0 aliphatic carbocycles. The number of esters is 1. The van der Waals surface area contributed by atoms with Gasteiger partial charge in [-0.25, -0.2) is 9.59 Å². The van der Waals surface area contributed by atoms with E-state index in [1.807, 2.05) is 26.0 Å². The molecule has 138 valence electrons. The molecule has 0 spiro atoms. The lowest BCUT2D eigenvalue weighted by molar-refractivity contribution is -0.123. The van der Waals surface area contributed by atoms with Gasteiger partial charge >= 0.3 is 12.0 Å². The van der Waals surface area contributed by atoms with Crippen molar-refractivity contribution in [1.29, 1.82) is 0 Å². The summed E-state index contributed by atoms with van der Waals surface area (Å²) in [5.74, 6) is -1.50. The molecule has 27 heavy (non-hydrogen) atoms. The molecular formula is C19H18N4O4. The summed E-state index contributed by atoms with van der Waals surface area (Å²) in [4.78, 5) is 35.8. The molecular weight excluding hydrogens is 348 g/mol. The van der Waals surface area contributed by atoms with Gasteiger partial charge < -0.3 is 10.1 Å². The Kier molecular flexibility index (Phi) is 5.16. The number of urea groups is 1. The normalized spacial score (nSPS) is 10.4. The Morgan fingerprint density at radius 1 is 1.11 bits per heavy atom. The van der Waals surface area contributed by atoms with Crippen LogP contribution in [0.4, 0.5) is 10.5 Å². The number of aryl methyl sites for hydroxylation is 2. The third-order valence-corrected chi connectivity index (χ3v) is 3.88. The lowest BCUT2D eigenvalue weighted by atomic mass is 10.1. The molecule has 1 aromatic heterocycles. The number of para-hydroxylation sites is 1. The molecule has 1 heterocycles. The molecule has 2 aromatic carbocycles. The monoisotopic (exact) mass is 366 g/mol. The van der Waals surface area contributed by atoms with E-state index in [1.54, 1.807) is 30.3 Å². The third-order valence-electron chi connectivity index (χ3n) is 3.88. The van der Waals surface area contributed by atoms with Crippen molar-refractivity contribution in [3.63, 3.8) is 0 Å². The van der Waals surface area contributed by atoms with Crippen molar-refractivity contribution in [2.24, 2.45) is 0 Å². The van der Waals surface area contributed by atoms with Gasteiger partial charge in [-0.1, -0.05) is 35.9 Å². The molecule has 0 saturated heterocycles. The predicted molar refractivity (Wildman–Crippen MR) is 99.5 cm³/mol. The minimum Gasteiger partial charge on any atom is -0.451 e. The number of carbonyl (C=O) groups is 3. The zero-order chi connectivity index (χ0) is 19.4. The number of anilines is 1. The number of hydrogen-bond donors (Lipinski definition) is 3. The summed E-state index contributed by atoms with van der Waals surface area (Å²) in [6.07, 6.45) is 0. The fourth-order valence-corrected chi connectivity index (χ4v) is 2.59. The molecule has 0 fully saturated rings. The van der Waals surface area contributed by atoms with Crippen molar-refractivity contribution in [2.45, 2.75) is 13.8 Å². The standard InChI is InChI=1S/C19H18N4O4/c1-11-7-8-14(12(2)9-11)20-19(26)21-16(24)10-27-18(25)17-13-5-3-4-6-15(13)22-23-17/h3-9H,10H2,1-2H3,(H,22,23)(H2,20,21,24,26). The van der Waals surface area contributed by atoms with Crippen LogP contribution in [0.25, 0.3) is 10.9 Å². The van der Waals surface area contributed by atoms with Crippen molar-refractivity contribution in [2.75, 3.05) is 11.9 Å². The van der Waals surface area contributed by atoms with E-state index in [9.17, 15) is 14.4 Å². The summed E-state index contributed by atoms with van der Waals surface area (Å²) < 4.78 is 4.93. The van der Waals surface area contributed by atoms with E-state index >= 15 is 0 Å². The number of nitrogens with zero attached hydrogens (tertiary/aromatic N) is 1. The van der Waals surface area contributed by atoms with Crippen LogP contribution in [0.15, 0.2) is 42.5 Å². The highest BCUT2D eigenvalue weighted by Crippen LogP contribution is 2.16. The number of nitrogens with one attached hydrogen (secondary N) is 3. The van der Waals surface area contributed by atoms with Crippen LogP contribution in [0.3, 0.4) is 0 Å². The maximum absolute atomic E-state index is 12.1. The van der Waals surface area contributed by atoms with Gasteiger partial charge in [0.15, 0.2) is 12.3 Å². The largest absolute Gasteiger partial charge is 0.451 e. The number of benzene rings is 2. The van der Waals surface area contributed by atoms with Gasteiger partial charge in [-0.05, 0) is 31.5 Å². The Hall–Kier alpha value is -3.68. The fourth-order valence-electron chi connectivity index (χ4n) is 2.59. The molecule has 3 amide bonds. The first kappa shape index (κ1) is 18.1. The van der Waals surface area contributed by atoms with Gasteiger partial charge in [0.05, 0.1) is 5.52 Å². The number of H-pyrrole nitrogens is 1. The summed E-state index contributed by atoms with van der Waals surface area (Å²) in [6, 6.07) is 11.9. The van der Waals surface area contributed by atoms with Gasteiger partial charge in [0.2, 0.25) is 0 Å². The van der Waals surface area contributed by atoms with E-state index in [1.165, 1.54) is 0 Å². The zero-order valence-electron chi connectivity index (χ0n) is 14.8. The molecule has 3 rings (SSSR count). The van der Waals surface area contributed by atoms with Crippen LogP contribution < -0.4 is 10.6 Å². The highest BCUT2D eigenvalue weighted by Gasteiger charge is 2.17. The lowest BCUT2D eigenvalue weighted by Gasteiger charge is -2.10. The number of hydrogen-bond acceptors (Lipinski definition) is 5. The van der Waals surface area contributed by atoms with Crippen molar-refractivity contribution < 1.29 is 19.1 Å². The van der Waals surface area contributed by atoms with Crippen molar-refractivity contribution >= 4 is 34.5 Å². The maximum atomic E-state index is 12.1. The quantitative estimate of drug-likeness (QED) is 0.615. The molecule has 0 bridgehead atoms. The molecule has 0 saturated carbocycles. The number of rotatable bonds is 4. The summed E-state index contributed by atoms with van der Waals surface area (Å²) in [7, 11) is 0. The molecule has 8 nitrogen and oxygen atoms in total. The Bertz CT molecular complexity index is 1030. The SMILES string of the molecule is Cc1ccc(NC(=O)NC(=O)COC(=O)c2n[nH]c3ccccc23)c(C)c1. The van der Waals surface area contributed by atoms with Gasteiger partial charge in [-0.15, -0.1) is 0 Å². The Balaban J connectivity index is 1.53. The molecule has 0 atom stereocenters. The topological polar surface area (TPSA) is 113 Å². The fraction of sp³-hybridized carbons (Fsp3) is 0.158. The van der Waals surface area contributed by atoms with Crippen LogP contribution in [0.1, 0.15) is 21.6 Å². The van der Waals surface area contributed by atoms with E-state index in [0.717, 1.165) is 11.1 Å². The van der Waals surface area contributed by atoms with E-state index in [-0.39, 0.29) is 5.69 Å². The number of aromatic nitrogens is 2. The van der Waals surface area contributed by atoms with Crippen molar-refractivity contribution in [3.05, 3.63) is 59.3 Å². The van der Waals surface area contributed by atoms with Crippen LogP contribution in [0.5, 0.6) is 0 Å². The number of ether oxygens (including phenoxy) is 1. The maximum Gasteiger partial charge on any atom is 0.359 e. The van der Waals surface area contributed by atoms with E-state index in [4.69, 9.17) is 4.74 Å². The molecule has 0 radical (unpaired) electrons. The number of aromatic amines is 1. The molecule has 0 aliphatic rings. The van der Waals surface area contributed by atoms with E-state index < -0.39 is 24.5 Å². The second-order valence-electron chi connectivity index (χ2n) is 6.01. The van der Waals surface area contributed by atoms with Crippen molar-refractivity contribution in [1.82, 2.24) is 15.5 Å². The first-order chi connectivity index (χ1) is 12.9. The number of fused-ring (bicyclic) bond motifs is 1. The van der Waals surface area contributed by atoms with Gasteiger partial charge in [0.1, 0.15) is 0 Å². The average molecular weight is 366 g/mol. The molecule has 3 aromatic rings. The Morgan fingerprint density at radius 2 is 1.89 bits per heavy atom. The first-order valence-corrected chi connectivity index (χ1v) is 8.22. The second kappa shape index (κ2) is 7.69. The molecule has 3 N–H and O–H groups in total. The van der Waals surface area contributed by atoms with Crippen LogP contribution in [0.2, 0.25) is 0 Å². The van der Waals surface area contributed by atoms with Gasteiger partial charge in [0.25, 0.3) is 5.91 Å². The zero-order valence-corrected chi connectivity index (χ0v) is 14.8. The van der Waals surface area contributed by atoms with Crippen LogP contribution >= 0.6 is 0 Å². The Morgan fingerprint density at radius 3 is 2.67 bits per heavy atom. The van der Waals surface area contributed by atoms with E-state index in [0.29, 0.717) is 16.6 Å². The number of imide groups is 1. The Labute approximate surface area is 154 Å². The third kappa shape index (κ3) is 4.30. The number of carbonyl (C=O) groups excluding carboxylic acids is 3. The van der Waals surface area contributed by atoms with Crippen LogP contribution in [0, 0.1) is 13.8 Å². The highest BCUT2D eigenvalue weighted by molar-refractivity contribution is 6.04. The predicted octanol–water partition coefficient (Wildman–Crippen LogP) is 2.68. The lowest BCUT2D eigenvalue weighted by Crippen LogP contribution is -2.37. The van der Waals surface area contributed by atoms with Gasteiger partial charge in [-0.2, -0.15) is 5.10 Å². The highest BCUT2D eigenvalue weighted by atomic mass is 16.5. The minimum atomic E-state index is -0.752. The summed E-state index contributed by atoms with van der Waals surface area (Å²) in [5.41, 5.74) is 3.28. The summed E-state index contributed by atoms with van der Waals surface area (Å²) in [5, 5.41) is 11.9. The van der Waals surface area contributed by atoms with E-state index in [2.05, 4.69) is 20.8 Å². The van der Waals surface area contributed by atoms with Crippen molar-refractivity contribution in [3.8, 4) is 0 Å². The summed E-state index contributed by atoms with van der Waals surface area (Å²) >= 11 is 0. The molecule has 0 aliphatic heterocycles. The summed E-state index contributed by atoms with van der Waals surface area (Å²) in [6.45, 7) is 3.19. The average Bonchev–Trinajstić information content (AvgIpc) is 3.06.